The zero-order valence-corrected chi connectivity index (χ0v) is 72.8. The van der Waals surface area contributed by atoms with Crippen LogP contribution in [0, 0.1) is 5.92 Å². The second kappa shape index (κ2) is 81.6. The lowest BCUT2D eigenvalue weighted by Gasteiger charge is -2.21. The van der Waals surface area contributed by atoms with E-state index in [1.165, 1.54) is 308 Å². The molecule has 108 heavy (non-hydrogen) atoms. The Labute approximate surface area is 664 Å². The first kappa shape index (κ1) is 106. The van der Waals surface area contributed by atoms with Crippen molar-refractivity contribution >= 4 is 39.5 Å². The Kier molecular flexibility index (Phi) is 80.2. The molecule has 3 N–H and O–H groups in total. The Balaban J connectivity index is 5.17. The van der Waals surface area contributed by atoms with Gasteiger partial charge in [0.2, 0.25) is 0 Å². The number of hydrogen-bond donors (Lipinski definition) is 3. The quantitative estimate of drug-likeness (QED) is 0.0222. The normalized spacial score (nSPS) is 13.7. The van der Waals surface area contributed by atoms with E-state index in [0.29, 0.717) is 25.7 Å². The van der Waals surface area contributed by atoms with Gasteiger partial charge in [-0.15, -0.1) is 0 Å². The molecule has 2 unspecified atom stereocenters. The highest BCUT2D eigenvalue weighted by atomic mass is 31.2. The van der Waals surface area contributed by atoms with Gasteiger partial charge in [0, 0.05) is 25.7 Å². The van der Waals surface area contributed by atoms with Crippen LogP contribution in [0.4, 0.5) is 0 Å². The van der Waals surface area contributed by atoms with Crippen LogP contribution in [0.1, 0.15) is 484 Å². The summed E-state index contributed by atoms with van der Waals surface area (Å²) < 4.78 is 68.9. The van der Waals surface area contributed by atoms with Crippen LogP contribution in [0.15, 0.2) is 0 Å². The summed E-state index contributed by atoms with van der Waals surface area (Å²) >= 11 is 0. The molecular weight excluding hydrogens is 1400 g/mol. The zero-order chi connectivity index (χ0) is 79.0. The molecule has 0 aromatic rings. The van der Waals surface area contributed by atoms with E-state index in [0.717, 1.165) is 95.8 Å². The monoisotopic (exact) mass is 1580 g/mol. The molecule has 0 rings (SSSR count). The zero-order valence-electron chi connectivity index (χ0n) is 71.0. The summed E-state index contributed by atoms with van der Waals surface area (Å²) in [6, 6.07) is 0. The minimum atomic E-state index is -4.97. The second-order valence-corrected chi connectivity index (χ2v) is 35.4. The molecule has 0 aromatic heterocycles. The molecule has 19 heteroatoms. The first-order chi connectivity index (χ1) is 52.5. The molecule has 0 aromatic carbocycles. The smallest absolute Gasteiger partial charge is 0.462 e. The van der Waals surface area contributed by atoms with E-state index in [9.17, 15) is 43.2 Å². The third-order valence-corrected chi connectivity index (χ3v) is 22.9. The van der Waals surface area contributed by atoms with E-state index in [-0.39, 0.29) is 25.7 Å². The molecule has 642 valence electrons. The highest BCUT2D eigenvalue weighted by Crippen LogP contribution is 2.45. The molecule has 0 radical (unpaired) electrons. The average Bonchev–Trinajstić information content (AvgIpc) is 0.867. The standard InChI is InChI=1S/C89H174O17P2/c1-6-9-12-15-18-21-23-25-27-29-31-32-33-35-37-43-47-51-55-60-65-70-75-89(94)106-85(79-100-87(92)73-68-63-58-53-49-45-41-39-38-40-44-48-52-56-61-66-71-82(4)5)81-104-108(97,98)102-77-83(90)76-101-107(95,96)103-80-84(78-99-86(91)72-67-62-57-20-17-14-11-8-3)105-88(93)74-69-64-59-54-50-46-42-36-34-30-28-26-24-22-19-16-13-10-7-2/h82-85,90H,6-81H2,1-5H3,(H,95,96)(H,97,98)/t83-,84+,85+/m0/s1. The predicted molar refractivity (Wildman–Crippen MR) is 446 cm³/mol. The predicted octanol–water partition coefficient (Wildman–Crippen LogP) is 27.5. The summed E-state index contributed by atoms with van der Waals surface area (Å²) in [5.74, 6) is -1.29. The van der Waals surface area contributed by atoms with Gasteiger partial charge in [0.25, 0.3) is 0 Å². The molecule has 0 aliphatic rings. The van der Waals surface area contributed by atoms with E-state index in [4.69, 9.17) is 37.0 Å². The van der Waals surface area contributed by atoms with Crippen LogP contribution in [-0.4, -0.2) is 96.7 Å². The van der Waals surface area contributed by atoms with Crippen LogP contribution in [-0.2, 0) is 65.4 Å². The minimum Gasteiger partial charge on any atom is -0.462 e. The van der Waals surface area contributed by atoms with E-state index < -0.39 is 97.5 Å². The molecule has 0 spiro atoms. The molecule has 0 aliphatic carbocycles. The number of unbranched alkanes of at least 4 members (excludes halogenated alkanes) is 61. The van der Waals surface area contributed by atoms with Gasteiger partial charge in [-0.25, -0.2) is 9.13 Å². The van der Waals surface area contributed by atoms with E-state index in [2.05, 4.69) is 34.6 Å². The molecular formula is C89H174O17P2. The summed E-state index contributed by atoms with van der Waals surface area (Å²) in [7, 11) is -9.93. The second-order valence-electron chi connectivity index (χ2n) is 32.5. The van der Waals surface area contributed by atoms with Crippen molar-refractivity contribution in [2.24, 2.45) is 5.92 Å². The number of aliphatic hydroxyl groups excluding tert-OH is 1. The summed E-state index contributed by atoms with van der Waals surface area (Å²) in [6.07, 6.45) is 76.6. The first-order valence-corrected chi connectivity index (χ1v) is 49.1. The van der Waals surface area contributed by atoms with Gasteiger partial charge >= 0.3 is 39.5 Å². The highest BCUT2D eigenvalue weighted by Gasteiger charge is 2.30. The third-order valence-electron chi connectivity index (χ3n) is 21.0. The van der Waals surface area contributed by atoms with E-state index in [1.807, 2.05) is 0 Å². The Morgan fingerprint density at radius 2 is 0.426 bits per heavy atom. The first-order valence-electron chi connectivity index (χ1n) is 46.1. The maximum Gasteiger partial charge on any atom is 0.472 e. The third kappa shape index (κ3) is 82.1. The van der Waals surface area contributed by atoms with Crippen molar-refractivity contribution in [2.75, 3.05) is 39.6 Å². The van der Waals surface area contributed by atoms with Crippen LogP contribution in [0.25, 0.3) is 0 Å². The van der Waals surface area contributed by atoms with Crippen molar-refractivity contribution in [3.63, 3.8) is 0 Å². The minimum absolute atomic E-state index is 0.109. The van der Waals surface area contributed by atoms with E-state index in [1.54, 1.807) is 0 Å². The van der Waals surface area contributed by atoms with E-state index >= 15 is 0 Å². The van der Waals surface area contributed by atoms with Crippen molar-refractivity contribution < 1.29 is 80.2 Å². The lowest BCUT2D eigenvalue weighted by atomic mass is 10.0. The number of esters is 4. The Morgan fingerprint density at radius 3 is 0.630 bits per heavy atom. The summed E-state index contributed by atoms with van der Waals surface area (Å²) in [5, 5.41) is 10.7. The molecule has 0 aliphatic heterocycles. The fourth-order valence-corrected chi connectivity index (χ4v) is 15.6. The largest absolute Gasteiger partial charge is 0.472 e. The number of aliphatic hydroxyl groups is 1. The molecule has 5 atom stereocenters. The Bertz CT molecular complexity index is 2050. The number of rotatable bonds is 89. The molecule has 0 fully saturated rings. The summed E-state index contributed by atoms with van der Waals surface area (Å²) in [4.78, 5) is 73.2. The van der Waals surface area contributed by atoms with Crippen molar-refractivity contribution in [3.05, 3.63) is 0 Å². The Hall–Kier alpha value is -1.94. The van der Waals surface area contributed by atoms with Crippen LogP contribution in [0.3, 0.4) is 0 Å². The number of carbonyl (C=O) groups is 4. The fraction of sp³-hybridized carbons (Fsp3) is 0.955. The molecule has 0 bridgehead atoms. The molecule has 0 amide bonds. The topological polar surface area (TPSA) is 237 Å². The number of phosphoric acid groups is 2. The van der Waals surface area contributed by atoms with Gasteiger partial charge in [-0.2, -0.15) is 0 Å². The van der Waals surface area contributed by atoms with Gasteiger partial charge in [0.05, 0.1) is 26.4 Å². The van der Waals surface area contributed by atoms with Gasteiger partial charge in [0.15, 0.2) is 12.2 Å². The maximum absolute atomic E-state index is 13.2. The number of ether oxygens (including phenoxy) is 4. The van der Waals surface area contributed by atoms with Crippen LogP contribution in [0.2, 0.25) is 0 Å². The van der Waals surface area contributed by atoms with Crippen LogP contribution >= 0.6 is 15.6 Å². The number of hydrogen-bond acceptors (Lipinski definition) is 15. The van der Waals surface area contributed by atoms with Gasteiger partial charge < -0.3 is 33.8 Å². The number of carbonyl (C=O) groups excluding carboxylic acids is 4. The fourth-order valence-electron chi connectivity index (χ4n) is 14.0. The average molecular weight is 1580 g/mol. The van der Waals surface area contributed by atoms with Gasteiger partial charge in [0.1, 0.15) is 19.3 Å². The number of phosphoric ester groups is 2. The summed E-state index contributed by atoms with van der Waals surface area (Å²) in [5.41, 5.74) is 0. The van der Waals surface area contributed by atoms with Gasteiger partial charge in [-0.05, 0) is 31.6 Å². The lowest BCUT2D eigenvalue weighted by Crippen LogP contribution is -2.30. The highest BCUT2D eigenvalue weighted by molar-refractivity contribution is 7.47. The molecule has 0 saturated carbocycles. The SMILES string of the molecule is CCCCCCCCCCCCCCCCCCCCCCCCC(=O)O[C@H](COC(=O)CCCCCCCCCCCCCCCCCCC(C)C)COP(=O)(O)OC[C@@H](O)COP(=O)(O)OC[C@@H](COC(=O)CCCCCCCCCC)OC(=O)CCCCCCCCCCCCCCCCCCCCC. The lowest BCUT2D eigenvalue weighted by molar-refractivity contribution is -0.161. The van der Waals surface area contributed by atoms with Gasteiger partial charge in [-0.1, -0.05) is 433 Å². The molecule has 0 heterocycles. The van der Waals surface area contributed by atoms with Crippen molar-refractivity contribution in [2.45, 2.75) is 502 Å². The summed E-state index contributed by atoms with van der Waals surface area (Å²) in [6.45, 7) is 7.38. The Morgan fingerprint density at radius 1 is 0.250 bits per heavy atom. The molecule has 0 saturated heterocycles. The van der Waals surface area contributed by atoms with Crippen LogP contribution in [0.5, 0.6) is 0 Å². The van der Waals surface area contributed by atoms with Gasteiger partial charge in [-0.3, -0.25) is 37.3 Å². The van der Waals surface area contributed by atoms with Crippen molar-refractivity contribution in [3.8, 4) is 0 Å². The van der Waals surface area contributed by atoms with Crippen molar-refractivity contribution in [1.29, 1.82) is 0 Å². The molecule has 17 nitrogen and oxygen atoms in total. The maximum atomic E-state index is 13.2. The van der Waals surface area contributed by atoms with Crippen LogP contribution < -0.4 is 0 Å². The van der Waals surface area contributed by atoms with Crippen molar-refractivity contribution in [1.82, 2.24) is 0 Å².